The summed E-state index contributed by atoms with van der Waals surface area (Å²) in [6.07, 6.45) is 2.27. The third-order valence-electron chi connectivity index (χ3n) is 5.32. The Kier molecular flexibility index (Phi) is 3.17. The van der Waals surface area contributed by atoms with Gasteiger partial charge in [-0.25, -0.2) is 4.98 Å². The van der Waals surface area contributed by atoms with Gasteiger partial charge in [0.05, 0.1) is 10.0 Å². The SMILES string of the molecule is Nc1c(-c2cccc(Cl)c2Cl)nc2sc(C3CC4C(N)C4C3)nn12. The molecule has 0 bridgehead atoms. The summed E-state index contributed by atoms with van der Waals surface area (Å²) >= 11 is 14.0. The molecule has 24 heavy (non-hydrogen) atoms. The summed E-state index contributed by atoms with van der Waals surface area (Å²) in [4.78, 5) is 5.44. The van der Waals surface area contributed by atoms with Crippen LogP contribution in [0.1, 0.15) is 23.8 Å². The number of anilines is 1. The summed E-state index contributed by atoms with van der Waals surface area (Å²) in [5.41, 5.74) is 13.7. The first-order valence-corrected chi connectivity index (χ1v) is 9.46. The van der Waals surface area contributed by atoms with E-state index in [1.165, 1.54) is 0 Å². The predicted octanol–water partition coefficient (Wildman–Crippen LogP) is 3.80. The smallest absolute Gasteiger partial charge is 0.214 e. The van der Waals surface area contributed by atoms with Crippen molar-refractivity contribution in [2.75, 3.05) is 5.73 Å². The number of nitrogens with zero attached hydrogens (tertiary/aromatic N) is 3. The molecule has 2 aliphatic rings. The van der Waals surface area contributed by atoms with Crippen LogP contribution in [0.4, 0.5) is 5.82 Å². The van der Waals surface area contributed by atoms with Crippen LogP contribution in [0.5, 0.6) is 0 Å². The zero-order chi connectivity index (χ0) is 16.6. The maximum absolute atomic E-state index is 6.30. The van der Waals surface area contributed by atoms with Crippen molar-refractivity contribution >= 4 is 45.3 Å². The molecule has 0 amide bonds. The lowest BCUT2D eigenvalue weighted by Crippen LogP contribution is -2.10. The van der Waals surface area contributed by atoms with Crippen LogP contribution in [0.15, 0.2) is 18.2 Å². The van der Waals surface area contributed by atoms with Crippen molar-refractivity contribution in [2.24, 2.45) is 17.6 Å². The van der Waals surface area contributed by atoms with Crippen LogP contribution in [0, 0.1) is 11.8 Å². The third-order valence-corrected chi connectivity index (χ3v) is 7.21. The van der Waals surface area contributed by atoms with Gasteiger partial charge in [-0.15, -0.1) is 0 Å². The average molecular weight is 380 g/mol. The fourth-order valence-corrected chi connectivity index (χ4v) is 5.34. The molecule has 0 saturated heterocycles. The second-order valence-corrected chi connectivity index (χ2v) is 8.43. The zero-order valence-corrected chi connectivity index (χ0v) is 14.9. The van der Waals surface area contributed by atoms with Gasteiger partial charge in [-0.1, -0.05) is 46.7 Å². The molecule has 2 saturated carbocycles. The van der Waals surface area contributed by atoms with Gasteiger partial charge in [0.15, 0.2) is 5.82 Å². The summed E-state index contributed by atoms with van der Waals surface area (Å²) in [5.74, 6) is 2.36. The predicted molar refractivity (Wildman–Crippen MR) is 97.7 cm³/mol. The summed E-state index contributed by atoms with van der Waals surface area (Å²) in [5, 5.41) is 6.75. The monoisotopic (exact) mass is 379 g/mol. The van der Waals surface area contributed by atoms with Gasteiger partial charge < -0.3 is 11.5 Å². The molecule has 5 rings (SSSR count). The largest absolute Gasteiger partial charge is 0.382 e. The molecule has 4 N–H and O–H groups in total. The van der Waals surface area contributed by atoms with Crippen molar-refractivity contribution in [2.45, 2.75) is 24.8 Å². The lowest BCUT2D eigenvalue weighted by Gasteiger charge is -2.08. The Morgan fingerprint density at radius 3 is 2.67 bits per heavy atom. The molecule has 124 valence electrons. The van der Waals surface area contributed by atoms with E-state index >= 15 is 0 Å². The van der Waals surface area contributed by atoms with Gasteiger partial charge in [0.2, 0.25) is 4.96 Å². The molecule has 2 aliphatic carbocycles. The van der Waals surface area contributed by atoms with Crippen LogP contribution >= 0.6 is 34.5 Å². The first-order valence-electron chi connectivity index (χ1n) is 7.89. The Morgan fingerprint density at radius 1 is 1.21 bits per heavy atom. The molecular weight excluding hydrogens is 365 g/mol. The molecular formula is C16H15Cl2N5S. The number of benzene rings is 1. The van der Waals surface area contributed by atoms with E-state index in [2.05, 4.69) is 4.98 Å². The van der Waals surface area contributed by atoms with E-state index in [0.717, 1.165) is 28.4 Å². The van der Waals surface area contributed by atoms with E-state index in [-0.39, 0.29) is 0 Å². The molecule has 0 radical (unpaired) electrons. The minimum atomic E-state index is 0.409. The van der Waals surface area contributed by atoms with E-state index in [0.29, 0.717) is 45.4 Å². The summed E-state index contributed by atoms with van der Waals surface area (Å²) in [6, 6.07) is 5.86. The quantitative estimate of drug-likeness (QED) is 0.709. The molecule has 2 heterocycles. The van der Waals surface area contributed by atoms with Crippen LogP contribution in [-0.4, -0.2) is 20.6 Å². The fraction of sp³-hybridized carbons (Fsp3) is 0.375. The van der Waals surface area contributed by atoms with Crippen LogP contribution in [0.2, 0.25) is 10.0 Å². The van der Waals surface area contributed by atoms with E-state index < -0.39 is 0 Å². The lowest BCUT2D eigenvalue weighted by atomic mass is 10.0. The van der Waals surface area contributed by atoms with Gasteiger partial charge in [-0.2, -0.15) is 9.61 Å². The maximum Gasteiger partial charge on any atom is 0.214 e. The van der Waals surface area contributed by atoms with Crippen molar-refractivity contribution in [1.29, 1.82) is 0 Å². The van der Waals surface area contributed by atoms with Gasteiger partial charge in [-0.3, -0.25) is 0 Å². The third kappa shape index (κ3) is 2.03. The Labute approximate surface area is 152 Å². The van der Waals surface area contributed by atoms with Gasteiger partial charge >= 0.3 is 0 Å². The number of rotatable bonds is 2. The number of hydrogen-bond donors (Lipinski definition) is 2. The number of fused-ring (bicyclic) bond motifs is 2. The van der Waals surface area contributed by atoms with Crippen LogP contribution in [0.3, 0.4) is 0 Å². The summed E-state index contributed by atoms with van der Waals surface area (Å²) in [6.45, 7) is 0. The Morgan fingerprint density at radius 2 is 1.96 bits per heavy atom. The van der Waals surface area contributed by atoms with Crippen LogP contribution in [-0.2, 0) is 0 Å². The summed E-state index contributed by atoms with van der Waals surface area (Å²) < 4.78 is 1.72. The zero-order valence-electron chi connectivity index (χ0n) is 12.6. The molecule has 3 aromatic rings. The standard InChI is InChI=1S/C16H15Cl2N5S/c17-10-3-1-2-7(11(10)18)13-14(20)23-16(21-13)24-15(22-23)6-4-8-9(5-6)12(8)19/h1-3,6,8-9,12H,4-5,19-20H2. The average Bonchev–Trinajstić information content (AvgIpc) is 3.00. The Balaban J connectivity index is 1.53. The summed E-state index contributed by atoms with van der Waals surface area (Å²) in [7, 11) is 0. The van der Waals surface area contributed by atoms with Crippen LogP contribution < -0.4 is 11.5 Å². The molecule has 2 fully saturated rings. The second kappa shape index (κ2) is 5.08. The highest BCUT2D eigenvalue weighted by atomic mass is 35.5. The number of halogens is 2. The van der Waals surface area contributed by atoms with Crippen LogP contribution in [0.25, 0.3) is 16.2 Å². The van der Waals surface area contributed by atoms with Gasteiger partial charge in [0.25, 0.3) is 0 Å². The normalized spacial score (nSPS) is 28.5. The molecule has 2 aromatic heterocycles. The fourth-order valence-electron chi connectivity index (χ4n) is 3.92. The van der Waals surface area contributed by atoms with E-state index in [1.807, 2.05) is 12.1 Å². The van der Waals surface area contributed by atoms with E-state index in [9.17, 15) is 0 Å². The van der Waals surface area contributed by atoms with Crippen molar-refractivity contribution in [3.63, 3.8) is 0 Å². The maximum atomic E-state index is 6.30. The minimum absolute atomic E-state index is 0.409. The minimum Gasteiger partial charge on any atom is -0.382 e. The molecule has 2 atom stereocenters. The van der Waals surface area contributed by atoms with Crippen molar-refractivity contribution in [3.05, 3.63) is 33.3 Å². The number of hydrogen-bond acceptors (Lipinski definition) is 5. The number of nitrogen functional groups attached to an aromatic ring is 1. The van der Waals surface area contributed by atoms with E-state index in [1.54, 1.807) is 21.9 Å². The molecule has 1 aromatic carbocycles. The number of imidazole rings is 1. The Hall–Kier alpha value is -1.34. The number of aromatic nitrogens is 3. The van der Waals surface area contributed by atoms with Crippen molar-refractivity contribution in [1.82, 2.24) is 14.6 Å². The second-order valence-electron chi connectivity index (χ2n) is 6.66. The highest BCUT2D eigenvalue weighted by molar-refractivity contribution is 7.16. The van der Waals surface area contributed by atoms with Gasteiger partial charge in [0.1, 0.15) is 10.7 Å². The first kappa shape index (κ1) is 15.0. The van der Waals surface area contributed by atoms with Crippen molar-refractivity contribution in [3.8, 4) is 11.3 Å². The van der Waals surface area contributed by atoms with E-state index in [4.69, 9.17) is 39.8 Å². The van der Waals surface area contributed by atoms with Gasteiger partial charge in [0, 0.05) is 17.5 Å². The molecule has 0 spiro atoms. The lowest BCUT2D eigenvalue weighted by molar-refractivity contribution is 0.580. The Bertz CT molecular complexity index is 953. The highest BCUT2D eigenvalue weighted by Gasteiger charge is 2.54. The van der Waals surface area contributed by atoms with Crippen molar-refractivity contribution < 1.29 is 0 Å². The molecule has 8 heteroatoms. The van der Waals surface area contributed by atoms with Gasteiger partial charge in [-0.05, 0) is 30.7 Å². The number of nitrogens with two attached hydrogens (primary N) is 2. The molecule has 5 nitrogen and oxygen atoms in total. The molecule has 0 aliphatic heterocycles. The molecule has 2 unspecified atom stereocenters. The highest BCUT2D eigenvalue weighted by Crippen LogP contribution is 2.57. The first-order chi connectivity index (χ1) is 11.5. The topological polar surface area (TPSA) is 82.2 Å².